The van der Waals surface area contributed by atoms with Gasteiger partial charge in [-0.3, -0.25) is 5.11 Å². The van der Waals surface area contributed by atoms with Crippen LogP contribution in [0.4, 0.5) is 0 Å². The van der Waals surface area contributed by atoms with Gasteiger partial charge < -0.3 is 4.52 Å². The summed E-state index contributed by atoms with van der Waals surface area (Å²) in [7, 11) is 0. The van der Waals surface area contributed by atoms with E-state index in [0.717, 1.165) is 0 Å². The highest BCUT2D eigenvalue weighted by Gasteiger charge is 2.03. The van der Waals surface area contributed by atoms with E-state index < -0.39 is 0 Å². The van der Waals surface area contributed by atoms with Crippen molar-refractivity contribution < 1.29 is 9.63 Å². The molecule has 0 saturated heterocycles. The summed E-state index contributed by atoms with van der Waals surface area (Å²) in [5.74, 6) is 0.247. The highest BCUT2D eigenvalue weighted by atomic mass is 16.5. The lowest BCUT2D eigenvalue weighted by atomic mass is 10.3. The molecule has 0 N–H and O–H groups in total. The van der Waals surface area contributed by atoms with Gasteiger partial charge in [-0.2, -0.15) is 4.98 Å². The van der Waals surface area contributed by atoms with Crippen LogP contribution in [-0.4, -0.2) is 15.1 Å². The maximum absolute atomic E-state index is 10.7. The Kier molecular flexibility index (Phi) is 1.48. The molecule has 0 aliphatic carbocycles. The summed E-state index contributed by atoms with van der Waals surface area (Å²) >= 11 is 0. The Balaban J connectivity index is 2.43. The molecule has 0 saturated carbocycles. The SMILES string of the molecule is [O]c1ccc(-c2ncon2)nc1. The molecule has 0 amide bonds. The van der Waals surface area contributed by atoms with E-state index in [1.54, 1.807) is 6.07 Å². The number of nitrogens with zero attached hydrogens (tertiary/aromatic N) is 3. The fraction of sp³-hybridized carbons (Fsp3) is 0. The third kappa shape index (κ3) is 1.12. The van der Waals surface area contributed by atoms with E-state index >= 15 is 0 Å². The minimum absolute atomic E-state index is 0.137. The molecule has 0 spiro atoms. The van der Waals surface area contributed by atoms with Crippen molar-refractivity contribution in [3.05, 3.63) is 24.7 Å². The number of rotatable bonds is 1. The fourth-order valence-electron chi connectivity index (χ4n) is 0.796. The van der Waals surface area contributed by atoms with E-state index in [1.807, 2.05) is 0 Å². The molecule has 2 aromatic rings. The van der Waals surface area contributed by atoms with E-state index in [9.17, 15) is 5.11 Å². The van der Waals surface area contributed by atoms with Crippen LogP contribution < -0.4 is 0 Å². The van der Waals surface area contributed by atoms with E-state index in [4.69, 9.17) is 0 Å². The number of hydrogen-bond acceptors (Lipinski definition) is 4. The molecule has 2 heterocycles. The first-order valence-corrected chi connectivity index (χ1v) is 3.26. The first-order chi connectivity index (χ1) is 5.86. The first kappa shape index (κ1) is 6.78. The highest BCUT2D eigenvalue weighted by molar-refractivity contribution is 5.48. The Morgan fingerprint density at radius 3 is 2.75 bits per heavy atom. The van der Waals surface area contributed by atoms with E-state index in [2.05, 4.69) is 19.6 Å². The second-order valence-electron chi connectivity index (χ2n) is 2.13. The van der Waals surface area contributed by atoms with E-state index in [1.165, 1.54) is 18.7 Å². The third-order valence-corrected chi connectivity index (χ3v) is 1.33. The lowest BCUT2D eigenvalue weighted by Crippen LogP contribution is -1.83. The molecule has 2 aromatic heterocycles. The molecule has 2 rings (SSSR count). The smallest absolute Gasteiger partial charge is 0.220 e. The Bertz CT molecular complexity index is 355. The van der Waals surface area contributed by atoms with Crippen LogP contribution in [0.3, 0.4) is 0 Å². The molecule has 0 aromatic carbocycles. The Morgan fingerprint density at radius 2 is 2.17 bits per heavy atom. The normalized spacial score (nSPS) is 10.0. The van der Waals surface area contributed by atoms with Crippen molar-refractivity contribution in [2.24, 2.45) is 0 Å². The van der Waals surface area contributed by atoms with Crippen LogP contribution in [0.25, 0.3) is 11.5 Å². The minimum Gasteiger partial charge on any atom is -0.342 e. The molecule has 0 atom stereocenters. The molecular formula is C7H4N3O2. The molecule has 5 heteroatoms. The second-order valence-corrected chi connectivity index (χ2v) is 2.13. The van der Waals surface area contributed by atoms with Crippen LogP contribution in [0, 0.1) is 0 Å². The zero-order chi connectivity index (χ0) is 8.39. The summed E-state index contributed by atoms with van der Waals surface area (Å²) in [4.78, 5) is 7.60. The average molecular weight is 162 g/mol. The molecule has 0 unspecified atom stereocenters. The van der Waals surface area contributed by atoms with Crippen molar-refractivity contribution in [1.82, 2.24) is 15.1 Å². The van der Waals surface area contributed by atoms with Crippen LogP contribution in [0.1, 0.15) is 0 Å². The summed E-state index contributed by atoms with van der Waals surface area (Å²) in [6.07, 6.45) is 2.42. The maximum atomic E-state index is 10.7. The van der Waals surface area contributed by atoms with Crippen molar-refractivity contribution >= 4 is 0 Å². The van der Waals surface area contributed by atoms with Crippen LogP contribution in [-0.2, 0) is 5.11 Å². The quantitative estimate of drug-likeness (QED) is 0.633. The van der Waals surface area contributed by atoms with Crippen molar-refractivity contribution in [3.63, 3.8) is 0 Å². The minimum atomic E-state index is -0.137. The molecule has 5 nitrogen and oxygen atoms in total. The lowest BCUT2D eigenvalue weighted by Gasteiger charge is -1.90. The van der Waals surface area contributed by atoms with Gasteiger partial charge in [-0.1, -0.05) is 5.16 Å². The second kappa shape index (κ2) is 2.61. The predicted octanol–water partition coefficient (Wildman–Crippen LogP) is 1.28. The molecule has 0 bridgehead atoms. The Labute approximate surface area is 67.7 Å². The standard InChI is InChI=1S/C7H4N3O2/c11-5-1-2-6(8-3-5)7-9-4-12-10-7/h1-4H. The molecule has 12 heavy (non-hydrogen) atoms. The zero-order valence-corrected chi connectivity index (χ0v) is 5.97. The van der Waals surface area contributed by atoms with Gasteiger partial charge in [-0.05, 0) is 12.1 Å². The van der Waals surface area contributed by atoms with Crippen LogP contribution >= 0.6 is 0 Å². The van der Waals surface area contributed by atoms with Crippen molar-refractivity contribution in [1.29, 1.82) is 0 Å². The molecule has 0 fully saturated rings. The summed E-state index contributed by atoms with van der Waals surface area (Å²) < 4.78 is 4.52. The maximum Gasteiger partial charge on any atom is 0.220 e. The summed E-state index contributed by atoms with van der Waals surface area (Å²) in [5.41, 5.74) is 0.531. The van der Waals surface area contributed by atoms with Gasteiger partial charge in [0.15, 0.2) is 5.75 Å². The molecule has 0 aliphatic heterocycles. The van der Waals surface area contributed by atoms with Crippen molar-refractivity contribution in [3.8, 4) is 17.3 Å². The summed E-state index contributed by atoms with van der Waals surface area (Å²) in [6.45, 7) is 0. The van der Waals surface area contributed by atoms with Gasteiger partial charge in [0.25, 0.3) is 0 Å². The molecule has 0 aliphatic rings. The van der Waals surface area contributed by atoms with E-state index in [0.29, 0.717) is 11.5 Å². The largest absolute Gasteiger partial charge is 0.342 e. The number of hydrogen-bond donors (Lipinski definition) is 0. The summed E-state index contributed by atoms with van der Waals surface area (Å²) in [6, 6.07) is 2.95. The molecule has 59 valence electrons. The average Bonchev–Trinajstić information content (AvgIpc) is 2.58. The van der Waals surface area contributed by atoms with E-state index in [-0.39, 0.29) is 5.75 Å². The topological polar surface area (TPSA) is 71.7 Å². The van der Waals surface area contributed by atoms with Gasteiger partial charge in [0.1, 0.15) is 5.69 Å². The first-order valence-electron chi connectivity index (χ1n) is 3.26. The fourth-order valence-corrected chi connectivity index (χ4v) is 0.796. The monoisotopic (exact) mass is 162 g/mol. The number of aromatic nitrogens is 3. The van der Waals surface area contributed by atoms with Gasteiger partial charge in [-0.25, -0.2) is 4.98 Å². The van der Waals surface area contributed by atoms with Gasteiger partial charge in [0.2, 0.25) is 12.2 Å². The molecular weight excluding hydrogens is 158 g/mol. The van der Waals surface area contributed by atoms with Gasteiger partial charge in [0, 0.05) is 0 Å². The van der Waals surface area contributed by atoms with Gasteiger partial charge in [0.05, 0.1) is 6.20 Å². The highest BCUT2D eigenvalue weighted by Crippen LogP contribution is 2.14. The Hall–Kier alpha value is -1.91. The summed E-state index contributed by atoms with van der Waals surface area (Å²) in [5, 5.41) is 14.2. The van der Waals surface area contributed by atoms with Crippen molar-refractivity contribution in [2.75, 3.05) is 0 Å². The Morgan fingerprint density at radius 1 is 1.25 bits per heavy atom. The third-order valence-electron chi connectivity index (χ3n) is 1.33. The predicted molar refractivity (Wildman–Crippen MR) is 37.7 cm³/mol. The lowest BCUT2D eigenvalue weighted by molar-refractivity contribution is 0.353. The molecule has 1 radical (unpaired) electrons. The van der Waals surface area contributed by atoms with Crippen LogP contribution in [0.2, 0.25) is 0 Å². The van der Waals surface area contributed by atoms with Crippen LogP contribution in [0.15, 0.2) is 29.2 Å². The van der Waals surface area contributed by atoms with Gasteiger partial charge in [-0.15, -0.1) is 0 Å². The number of pyridine rings is 1. The van der Waals surface area contributed by atoms with Crippen molar-refractivity contribution in [2.45, 2.75) is 0 Å². The van der Waals surface area contributed by atoms with Crippen LogP contribution in [0.5, 0.6) is 5.75 Å². The zero-order valence-electron chi connectivity index (χ0n) is 5.97. The van der Waals surface area contributed by atoms with Gasteiger partial charge >= 0.3 is 0 Å².